The Balaban J connectivity index is 1.34. The Hall–Kier alpha value is -4.20. The van der Waals surface area contributed by atoms with Crippen molar-refractivity contribution in [1.29, 1.82) is 0 Å². The zero-order chi connectivity index (χ0) is 24.2. The van der Waals surface area contributed by atoms with Crippen molar-refractivity contribution in [3.63, 3.8) is 0 Å². The smallest absolute Gasteiger partial charge is 0.251 e. The molecule has 2 amide bonds. The number of rotatable bonds is 6. The quantitative estimate of drug-likeness (QED) is 0.452. The third-order valence-electron chi connectivity index (χ3n) is 6.43. The van der Waals surface area contributed by atoms with E-state index in [1.807, 2.05) is 47.5 Å². The van der Waals surface area contributed by atoms with E-state index in [0.717, 1.165) is 22.2 Å². The van der Waals surface area contributed by atoms with Crippen LogP contribution in [0.4, 0.5) is 10.1 Å². The van der Waals surface area contributed by atoms with Crippen molar-refractivity contribution in [1.82, 2.24) is 20.2 Å². The van der Waals surface area contributed by atoms with Gasteiger partial charge in [0, 0.05) is 73.3 Å². The molecule has 4 aromatic rings. The number of carbonyl (C=O) groups is 2. The lowest BCUT2D eigenvalue weighted by molar-refractivity contribution is -0.133. The Morgan fingerprint density at radius 3 is 2.43 bits per heavy atom. The minimum atomic E-state index is -0.751. The van der Waals surface area contributed by atoms with E-state index in [1.165, 1.54) is 24.3 Å². The molecule has 2 aromatic carbocycles. The summed E-state index contributed by atoms with van der Waals surface area (Å²) in [5.74, 6) is -0.946. The van der Waals surface area contributed by atoms with Crippen LogP contribution in [0.1, 0.15) is 15.9 Å². The van der Waals surface area contributed by atoms with Crippen molar-refractivity contribution in [3.8, 4) is 0 Å². The number of H-pyrrole nitrogens is 1. The number of aromatic nitrogens is 2. The van der Waals surface area contributed by atoms with Crippen LogP contribution in [0.15, 0.2) is 79.3 Å². The minimum absolute atomic E-state index is 0.125. The highest BCUT2D eigenvalue weighted by Crippen LogP contribution is 2.21. The number of aromatic amines is 1. The average molecular weight is 472 g/mol. The van der Waals surface area contributed by atoms with Gasteiger partial charge in [0.25, 0.3) is 5.91 Å². The van der Waals surface area contributed by atoms with Crippen LogP contribution in [0.2, 0.25) is 0 Å². The van der Waals surface area contributed by atoms with Crippen LogP contribution in [0.25, 0.3) is 10.9 Å². The maximum absolute atomic E-state index is 13.6. The summed E-state index contributed by atoms with van der Waals surface area (Å²) in [6.45, 7) is 2.50. The SMILES string of the molecule is O=C(NC(Cc1c[nH]c2ccccc12)C(=O)N1CCN(c2ccncc2)CC1)c1ccc(F)cc1. The number of halogens is 1. The molecule has 1 aliphatic rings. The van der Waals surface area contributed by atoms with Gasteiger partial charge in [-0.25, -0.2) is 4.39 Å². The van der Waals surface area contributed by atoms with Gasteiger partial charge in [-0.2, -0.15) is 0 Å². The van der Waals surface area contributed by atoms with Gasteiger partial charge in [-0.3, -0.25) is 14.6 Å². The molecule has 1 unspecified atom stereocenters. The minimum Gasteiger partial charge on any atom is -0.368 e. The molecule has 1 aliphatic heterocycles. The van der Waals surface area contributed by atoms with Crippen LogP contribution >= 0.6 is 0 Å². The first-order valence-electron chi connectivity index (χ1n) is 11.6. The third-order valence-corrected chi connectivity index (χ3v) is 6.43. The first kappa shape index (κ1) is 22.6. The number of para-hydroxylation sites is 1. The molecule has 0 aliphatic carbocycles. The maximum Gasteiger partial charge on any atom is 0.251 e. The molecule has 0 saturated carbocycles. The van der Waals surface area contributed by atoms with Crippen LogP contribution < -0.4 is 10.2 Å². The predicted octanol–water partition coefficient (Wildman–Crippen LogP) is 3.39. The van der Waals surface area contributed by atoms with E-state index >= 15 is 0 Å². The fraction of sp³-hybridized carbons (Fsp3) is 0.222. The molecule has 1 saturated heterocycles. The molecular weight excluding hydrogens is 445 g/mol. The molecule has 0 spiro atoms. The Morgan fingerprint density at radius 2 is 1.69 bits per heavy atom. The molecule has 7 nitrogen and oxygen atoms in total. The highest BCUT2D eigenvalue weighted by Gasteiger charge is 2.30. The van der Waals surface area contributed by atoms with Crippen LogP contribution in [-0.2, 0) is 11.2 Å². The van der Waals surface area contributed by atoms with E-state index in [0.29, 0.717) is 38.2 Å². The number of piperazine rings is 1. The number of nitrogens with one attached hydrogen (secondary N) is 2. The molecular formula is C27H26FN5O2. The highest BCUT2D eigenvalue weighted by atomic mass is 19.1. The zero-order valence-electron chi connectivity index (χ0n) is 19.2. The molecule has 5 rings (SSSR count). The topological polar surface area (TPSA) is 81.3 Å². The van der Waals surface area contributed by atoms with Gasteiger partial charge in [0.1, 0.15) is 11.9 Å². The molecule has 2 aromatic heterocycles. The fourth-order valence-corrected chi connectivity index (χ4v) is 4.52. The van der Waals surface area contributed by atoms with Gasteiger partial charge in [-0.15, -0.1) is 0 Å². The lowest BCUT2D eigenvalue weighted by Gasteiger charge is -2.37. The van der Waals surface area contributed by atoms with Crippen LogP contribution in [-0.4, -0.2) is 58.9 Å². The summed E-state index contributed by atoms with van der Waals surface area (Å²) < 4.78 is 13.3. The van der Waals surface area contributed by atoms with Gasteiger partial charge >= 0.3 is 0 Å². The Labute approximate surface area is 202 Å². The summed E-state index contributed by atoms with van der Waals surface area (Å²) >= 11 is 0. The van der Waals surface area contributed by atoms with Gasteiger partial charge in [-0.1, -0.05) is 18.2 Å². The van der Waals surface area contributed by atoms with Crippen molar-refractivity contribution in [3.05, 3.63) is 96.2 Å². The molecule has 1 fully saturated rings. The zero-order valence-corrected chi connectivity index (χ0v) is 19.2. The number of benzene rings is 2. The van der Waals surface area contributed by atoms with E-state index in [9.17, 15) is 14.0 Å². The number of anilines is 1. The second-order valence-corrected chi connectivity index (χ2v) is 8.61. The molecule has 178 valence electrons. The van der Waals surface area contributed by atoms with Crippen LogP contribution in [0, 0.1) is 5.82 Å². The summed E-state index contributed by atoms with van der Waals surface area (Å²) in [5, 5.41) is 3.92. The molecule has 1 atom stereocenters. The summed E-state index contributed by atoms with van der Waals surface area (Å²) in [7, 11) is 0. The number of hydrogen-bond acceptors (Lipinski definition) is 4. The molecule has 3 heterocycles. The van der Waals surface area contributed by atoms with Crippen LogP contribution in [0.5, 0.6) is 0 Å². The van der Waals surface area contributed by atoms with E-state index < -0.39 is 17.8 Å². The van der Waals surface area contributed by atoms with Gasteiger partial charge < -0.3 is 20.1 Å². The Morgan fingerprint density at radius 1 is 0.971 bits per heavy atom. The molecule has 2 N–H and O–H groups in total. The average Bonchev–Trinajstić information content (AvgIpc) is 3.31. The fourth-order valence-electron chi connectivity index (χ4n) is 4.52. The number of hydrogen-bond donors (Lipinski definition) is 2. The predicted molar refractivity (Wildman–Crippen MR) is 133 cm³/mol. The number of carbonyl (C=O) groups excluding carboxylic acids is 2. The second-order valence-electron chi connectivity index (χ2n) is 8.61. The summed E-state index contributed by atoms with van der Waals surface area (Å²) in [6.07, 6.45) is 5.75. The van der Waals surface area contributed by atoms with E-state index in [2.05, 4.69) is 20.2 Å². The van der Waals surface area contributed by atoms with Crippen molar-refractivity contribution in [2.24, 2.45) is 0 Å². The summed E-state index contributed by atoms with van der Waals surface area (Å²) in [4.78, 5) is 37.9. The highest BCUT2D eigenvalue weighted by molar-refractivity contribution is 5.98. The third kappa shape index (κ3) is 5.01. The monoisotopic (exact) mass is 471 g/mol. The van der Waals surface area contributed by atoms with Crippen molar-refractivity contribution in [2.75, 3.05) is 31.1 Å². The molecule has 0 radical (unpaired) electrons. The first-order valence-corrected chi connectivity index (χ1v) is 11.6. The molecule has 8 heteroatoms. The number of amides is 2. The largest absolute Gasteiger partial charge is 0.368 e. The second kappa shape index (κ2) is 9.97. The summed E-state index contributed by atoms with van der Waals surface area (Å²) in [6, 6.07) is 16.4. The van der Waals surface area contributed by atoms with E-state index in [1.54, 1.807) is 12.4 Å². The van der Waals surface area contributed by atoms with Gasteiger partial charge in [0.15, 0.2) is 0 Å². The van der Waals surface area contributed by atoms with Gasteiger partial charge in [0.05, 0.1) is 0 Å². The number of pyridine rings is 1. The normalized spacial score (nSPS) is 14.7. The maximum atomic E-state index is 13.6. The van der Waals surface area contributed by atoms with Crippen molar-refractivity contribution < 1.29 is 14.0 Å². The standard InChI is InChI=1S/C27H26FN5O2/c28-21-7-5-19(6-8-21)26(34)31-25(17-20-18-30-24-4-2-1-3-23(20)24)27(35)33-15-13-32(14-16-33)22-9-11-29-12-10-22/h1-12,18,25,30H,13-17H2,(H,31,34). The Kier molecular flexibility index (Phi) is 6.43. The number of fused-ring (bicyclic) bond motifs is 1. The molecule has 35 heavy (non-hydrogen) atoms. The molecule has 0 bridgehead atoms. The lowest BCUT2D eigenvalue weighted by atomic mass is 10.0. The Bertz CT molecular complexity index is 1310. The summed E-state index contributed by atoms with van der Waals surface area (Å²) in [5.41, 5.74) is 3.32. The van der Waals surface area contributed by atoms with Crippen molar-refractivity contribution >= 4 is 28.4 Å². The van der Waals surface area contributed by atoms with Gasteiger partial charge in [-0.05, 0) is 48.0 Å². The van der Waals surface area contributed by atoms with Crippen molar-refractivity contribution in [2.45, 2.75) is 12.5 Å². The van der Waals surface area contributed by atoms with Gasteiger partial charge in [0.2, 0.25) is 5.91 Å². The van der Waals surface area contributed by atoms with E-state index in [-0.39, 0.29) is 5.91 Å². The number of nitrogens with zero attached hydrogens (tertiary/aromatic N) is 3. The first-order chi connectivity index (χ1) is 17.1. The van der Waals surface area contributed by atoms with Crippen LogP contribution in [0.3, 0.4) is 0 Å². The van der Waals surface area contributed by atoms with E-state index in [4.69, 9.17) is 0 Å². The lowest BCUT2D eigenvalue weighted by Crippen LogP contribution is -2.55.